The highest BCUT2D eigenvalue weighted by Gasteiger charge is 2.45. The molecule has 0 bridgehead atoms. The quantitative estimate of drug-likeness (QED) is 0.833. The Labute approximate surface area is 123 Å². The molecule has 1 saturated heterocycles. The van der Waals surface area contributed by atoms with Crippen LogP contribution in [0.15, 0.2) is 35.2 Å². The van der Waals surface area contributed by atoms with E-state index in [0.29, 0.717) is 0 Å². The second-order valence-electron chi connectivity index (χ2n) is 5.00. The number of ether oxygens (including phenoxy) is 2. The second-order valence-corrected chi connectivity index (χ2v) is 7.17. The summed E-state index contributed by atoms with van der Waals surface area (Å²) >= 11 is 0. The van der Waals surface area contributed by atoms with Gasteiger partial charge in [0.25, 0.3) is 0 Å². The minimum atomic E-state index is -3.74. The molecular formula is C14H18O6S. The van der Waals surface area contributed by atoms with Crippen molar-refractivity contribution in [3.8, 4) is 0 Å². The van der Waals surface area contributed by atoms with Crippen molar-refractivity contribution in [2.45, 2.75) is 48.9 Å². The molecule has 21 heavy (non-hydrogen) atoms. The van der Waals surface area contributed by atoms with E-state index >= 15 is 0 Å². The predicted molar refractivity (Wildman–Crippen MR) is 74.1 cm³/mol. The summed E-state index contributed by atoms with van der Waals surface area (Å²) in [7, 11) is -3.74. The highest BCUT2D eigenvalue weighted by atomic mass is 32.2. The Kier molecular flexibility index (Phi) is 4.65. The lowest BCUT2D eigenvalue weighted by atomic mass is 10.1. The monoisotopic (exact) mass is 314 g/mol. The number of aliphatic hydroxyl groups is 1. The third-order valence-corrected chi connectivity index (χ3v) is 5.59. The van der Waals surface area contributed by atoms with Crippen molar-refractivity contribution in [2.24, 2.45) is 0 Å². The van der Waals surface area contributed by atoms with Crippen molar-refractivity contribution in [1.29, 1.82) is 0 Å². The summed E-state index contributed by atoms with van der Waals surface area (Å²) in [4.78, 5) is 11.3. The van der Waals surface area contributed by atoms with Crippen LogP contribution in [0.3, 0.4) is 0 Å². The first kappa shape index (κ1) is 15.9. The van der Waals surface area contributed by atoms with Crippen LogP contribution in [0.4, 0.5) is 0 Å². The molecule has 0 radical (unpaired) electrons. The van der Waals surface area contributed by atoms with Crippen LogP contribution in [0.1, 0.15) is 20.3 Å². The SMILES string of the molecule is CC(=O)O[C@H]1[C@H](C)OC(O)C[C@H]1S(=O)(=O)c1ccccc1. The van der Waals surface area contributed by atoms with Gasteiger partial charge in [-0.05, 0) is 19.1 Å². The zero-order valence-electron chi connectivity index (χ0n) is 11.8. The van der Waals surface area contributed by atoms with Crippen LogP contribution in [0.5, 0.6) is 0 Å². The van der Waals surface area contributed by atoms with E-state index in [2.05, 4.69) is 0 Å². The third-order valence-electron chi connectivity index (χ3n) is 3.41. The van der Waals surface area contributed by atoms with Crippen LogP contribution in [0.2, 0.25) is 0 Å². The number of rotatable bonds is 3. The summed E-state index contributed by atoms with van der Waals surface area (Å²) in [6.45, 7) is 2.79. The molecule has 1 heterocycles. The van der Waals surface area contributed by atoms with Gasteiger partial charge in [0.2, 0.25) is 0 Å². The van der Waals surface area contributed by atoms with Crippen molar-refractivity contribution in [3.63, 3.8) is 0 Å². The zero-order chi connectivity index (χ0) is 15.6. The standard InChI is InChI=1S/C14H18O6S/c1-9-14(20-10(2)15)12(8-13(16)19-9)21(17,18)11-6-4-3-5-7-11/h3-7,9,12-14,16H,8H2,1-2H3/t9-,12+,13?,14-/m0/s1. The normalized spacial score (nSPS) is 29.9. The molecule has 1 aromatic rings. The molecule has 0 spiro atoms. The summed E-state index contributed by atoms with van der Waals surface area (Å²) in [6.07, 6.45) is -2.99. The Hall–Kier alpha value is -1.44. The summed E-state index contributed by atoms with van der Waals surface area (Å²) in [5.41, 5.74) is 0. The van der Waals surface area contributed by atoms with Crippen LogP contribution in [-0.2, 0) is 24.1 Å². The fraction of sp³-hybridized carbons (Fsp3) is 0.500. The Morgan fingerprint density at radius 3 is 2.52 bits per heavy atom. The minimum Gasteiger partial charge on any atom is -0.458 e. The number of carbonyl (C=O) groups is 1. The Bertz CT molecular complexity index is 597. The molecule has 6 nitrogen and oxygen atoms in total. The molecule has 7 heteroatoms. The average molecular weight is 314 g/mol. The van der Waals surface area contributed by atoms with E-state index in [0.717, 1.165) is 0 Å². The molecule has 1 unspecified atom stereocenters. The number of benzene rings is 1. The van der Waals surface area contributed by atoms with Gasteiger partial charge in [-0.3, -0.25) is 4.79 Å². The van der Waals surface area contributed by atoms with Crippen LogP contribution < -0.4 is 0 Å². The molecule has 2 rings (SSSR count). The Morgan fingerprint density at radius 1 is 1.33 bits per heavy atom. The highest BCUT2D eigenvalue weighted by molar-refractivity contribution is 7.92. The molecule has 0 aromatic heterocycles. The second kappa shape index (κ2) is 6.13. The van der Waals surface area contributed by atoms with Gasteiger partial charge in [0.05, 0.1) is 11.0 Å². The molecule has 1 aliphatic heterocycles. The molecule has 1 fully saturated rings. The fourth-order valence-electron chi connectivity index (χ4n) is 2.47. The van der Waals surface area contributed by atoms with Crippen molar-refractivity contribution in [3.05, 3.63) is 30.3 Å². The van der Waals surface area contributed by atoms with Gasteiger partial charge in [-0.1, -0.05) is 18.2 Å². The minimum absolute atomic E-state index is 0.133. The topological polar surface area (TPSA) is 89.9 Å². The van der Waals surface area contributed by atoms with Crippen molar-refractivity contribution in [1.82, 2.24) is 0 Å². The summed E-state index contributed by atoms with van der Waals surface area (Å²) < 4.78 is 35.7. The van der Waals surface area contributed by atoms with E-state index in [1.807, 2.05) is 0 Å². The number of hydrogen-bond donors (Lipinski definition) is 1. The third kappa shape index (κ3) is 3.42. The number of sulfone groups is 1. The van der Waals surface area contributed by atoms with E-state index < -0.39 is 39.6 Å². The van der Waals surface area contributed by atoms with Crippen LogP contribution in [0.25, 0.3) is 0 Å². The first-order valence-electron chi connectivity index (χ1n) is 6.62. The van der Waals surface area contributed by atoms with E-state index in [4.69, 9.17) is 9.47 Å². The van der Waals surface area contributed by atoms with E-state index in [1.54, 1.807) is 25.1 Å². The largest absolute Gasteiger partial charge is 0.458 e. The lowest BCUT2D eigenvalue weighted by Crippen LogP contribution is -2.52. The Morgan fingerprint density at radius 2 is 1.95 bits per heavy atom. The van der Waals surface area contributed by atoms with Gasteiger partial charge in [-0.25, -0.2) is 8.42 Å². The number of hydrogen-bond acceptors (Lipinski definition) is 6. The van der Waals surface area contributed by atoms with Gasteiger partial charge in [0.1, 0.15) is 11.4 Å². The zero-order valence-corrected chi connectivity index (χ0v) is 12.6. The molecule has 116 valence electrons. The van der Waals surface area contributed by atoms with E-state index in [9.17, 15) is 18.3 Å². The van der Waals surface area contributed by atoms with Crippen molar-refractivity contribution >= 4 is 15.8 Å². The number of aliphatic hydroxyl groups excluding tert-OH is 1. The van der Waals surface area contributed by atoms with Gasteiger partial charge in [-0.2, -0.15) is 0 Å². The molecule has 0 amide bonds. The number of carbonyl (C=O) groups excluding carboxylic acids is 1. The molecule has 0 aliphatic carbocycles. The predicted octanol–water partition coefficient (Wildman–Crippen LogP) is 0.888. The van der Waals surface area contributed by atoms with Gasteiger partial charge < -0.3 is 14.6 Å². The smallest absolute Gasteiger partial charge is 0.303 e. The van der Waals surface area contributed by atoms with Crippen molar-refractivity contribution in [2.75, 3.05) is 0 Å². The van der Waals surface area contributed by atoms with Crippen LogP contribution in [-0.4, -0.2) is 43.2 Å². The summed E-state index contributed by atoms with van der Waals surface area (Å²) in [5.74, 6) is -0.583. The van der Waals surface area contributed by atoms with Crippen LogP contribution in [0, 0.1) is 0 Å². The molecule has 1 N–H and O–H groups in total. The summed E-state index contributed by atoms with van der Waals surface area (Å²) in [6, 6.07) is 7.91. The first-order valence-corrected chi connectivity index (χ1v) is 8.16. The van der Waals surface area contributed by atoms with Gasteiger partial charge >= 0.3 is 5.97 Å². The maximum atomic E-state index is 12.7. The van der Waals surface area contributed by atoms with E-state index in [1.165, 1.54) is 19.1 Å². The first-order chi connectivity index (χ1) is 9.82. The van der Waals surface area contributed by atoms with Crippen molar-refractivity contribution < 1.29 is 27.8 Å². The number of esters is 1. The maximum Gasteiger partial charge on any atom is 0.303 e. The van der Waals surface area contributed by atoms with Gasteiger partial charge in [0, 0.05) is 13.3 Å². The Balaban J connectivity index is 2.39. The lowest BCUT2D eigenvalue weighted by Gasteiger charge is -2.37. The summed E-state index contributed by atoms with van der Waals surface area (Å²) in [5, 5.41) is 8.65. The molecule has 1 aromatic carbocycles. The molecule has 1 aliphatic rings. The fourth-order valence-corrected chi connectivity index (χ4v) is 4.40. The molecular weight excluding hydrogens is 296 g/mol. The molecule has 0 saturated carbocycles. The molecule has 4 atom stereocenters. The average Bonchev–Trinajstić information content (AvgIpc) is 2.42. The highest BCUT2D eigenvalue weighted by Crippen LogP contribution is 2.30. The maximum absolute atomic E-state index is 12.7. The van der Waals surface area contributed by atoms with Crippen LogP contribution >= 0.6 is 0 Å². The lowest BCUT2D eigenvalue weighted by molar-refractivity contribution is -0.203. The van der Waals surface area contributed by atoms with E-state index in [-0.39, 0.29) is 11.3 Å². The van der Waals surface area contributed by atoms with Gasteiger partial charge in [0.15, 0.2) is 16.1 Å². The van der Waals surface area contributed by atoms with Gasteiger partial charge in [-0.15, -0.1) is 0 Å².